The standard InChI is InChI=1S/C42H44N6O7S/c1-42(2,3)55-41(53)46(18-20-54-21-19-47-37(50)17-15-34(40(47)52)48-25-29-22-31(49)12-13-32(29)39(48)51)36-16-10-28(24-43-36)26-6-8-27(9-7-26)38-44-33-14-11-30(45(4)5)23-35(33)56-38/h6-14,16,22-24,34,49H,15,17-21,25H2,1-5H3. The van der Waals surface area contributed by atoms with Crippen molar-refractivity contribution in [3.63, 3.8) is 0 Å². The van der Waals surface area contributed by atoms with E-state index in [9.17, 15) is 24.3 Å². The number of imide groups is 1. The molecule has 4 heterocycles. The highest BCUT2D eigenvalue weighted by atomic mass is 32.1. The number of ether oxygens (including phenoxy) is 2. The van der Waals surface area contributed by atoms with Gasteiger partial charge in [0.1, 0.15) is 28.2 Å². The van der Waals surface area contributed by atoms with Gasteiger partial charge in [-0.2, -0.15) is 0 Å². The van der Waals surface area contributed by atoms with E-state index in [2.05, 4.69) is 22.0 Å². The van der Waals surface area contributed by atoms with E-state index in [0.717, 1.165) is 42.5 Å². The van der Waals surface area contributed by atoms with E-state index >= 15 is 0 Å². The second kappa shape index (κ2) is 15.7. The maximum Gasteiger partial charge on any atom is 0.416 e. The summed E-state index contributed by atoms with van der Waals surface area (Å²) in [6, 6.07) is 21.8. The summed E-state index contributed by atoms with van der Waals surface area (Å²) >= 11 is 1.65. The third-order valence-electron chi connectivity index (χ3n) is 9.69. The molecule has 3 aromatic carbocycles. The van der Waals surface area contributed by atoms with Crippen molar-refractivity contribution in [1.82, 2.24) is 19.8 Å². The molecule has 2 aliphatic heterocycles. The van der Waals surface area contributed by atoms with Crippen LogP contribution in [0.4, 0.5) is 16.3 Å². The summed E-state index contributed by atoms with van der Waals surface area (Å²) in [7, 11) is 4.04. The molecule has 0 saturated carbocycles. The lowest BCUT2D eigenvalue weighted by molar-refractivity contribution is -0.153. The molecular formula is C42H44N6O7S. The smallest absolute Gasteiger partial charge is 0.416 e. The van der Waals surface area contributed by atoms with Crippen LogP contribution in [0.25, 0.3) is 31.9 Å². The van der Waals surface area contributed by atoms with Gasteiger partial charge in [-0.25, -0.2) is 14.8 Å². The Kier molecular flexibility index (Phi) is 10.8. The Bertz CT molecular complexity index is 2280. The summed E-state index contributed by atoms with van der Waals surface area (Å²) in [5.41, 5.74) is 5.27. The molecule has 1 fully saturated rings. The lowest BCUT2D eigenvalue weighted by Gasteiger charge is -2.35. The molecule has 0 spiro atoms. The van der Waals surface area contributed by atoms with Gasteiger partial charge in [-0.05, 0) is 86.8 Å². The number of phenols is 1. The van der Waals surface area contributed by atoms with Crippen molar-refractivity contribution in [1.29, 1.82) is 0 Å². The van der Waals surface area contributed by atoms with Gasteiger partial charge < -0.3 is 24.4 Å². The molecule has 1 saturated heterocycles. The monoisotopic (exact) mass is 776 g/mol. The van der Waals surface area contributed by atoms with Gasteiger partial charge in [-0.15, -0.1) is 11.3 Å². The molecule has 4 amide bonds. The average Bonchev–Trinajstić information content (AvgIpc) is 3.73. The Hall–Kier alpha value is -5.86. The maximum atomic E-state index is 13.5. The minimum atomic E-state index is -0.792. The van der Waals surface area contributed by atoms with Gasteiger partial charge >= 0.3 is 6.09 Å². The highest BCUT2D eigenvalue weighted by Crippen LogP contribution is 2.34. The van der Waals surface area contributed by atoms with Gasteiger partial charge in [0, 0.05) is 55.6 Å². The highest BCUT2D eigenvalue weighted by Gasteiger charge is 2.42. The van der Waals surface area contributed by atoms with Gasteiger partial charge in [0.2, 0.25) is 5.91 Å². The van der Waals surface area contributed by atoms with Crippen LogP contribution < -0.4 is 9.80 Å². The van der Waals surface area contributed by atoms with E-state index in [1.165, 1.54) is 21.9 Å². The number of amides is 4. The minimum Gasteiger partial charge on any atom is -0.508 e. The zero-order chi connectivity index (χ0) is 39.7. The van der Waals surface area contributed by atoms with Gasteiger partial charge in [0.25, 0.3) is 11.8 Å². The largest absolute Gasteiger partial charge is 0.508 e. The number of piperidine rings is 1. The molecular weight excluding hydrogens is 733 g/mol. The third kappa shape index (κ3) is 8.21. The van der Waals surface area contributed by atoms with Gasteiger partial charge in [-0.1, -0.05) is 24.3 Å². The number of aromatic hydroxyl groups is 1. The molecule has 0 bridgehead atoms. The first-order valence-corrected chi connectivity index (χ1v) is 19.3. The fourth-order valence-electron chi connectivity index (χ4n) is 6.79. The Labute approximate surface area is 329 Å². The van der Waals surface area contributed by atoms with E-state index in [0.29, 0.717) is 16.9 Å². The first kappa shape index (κ1) is 38.4. The first-order valence-electron chi connectivity index (χ1n) is 18.5. The van der Waals surface area contributed by atoms with Crippen LogP contribution in [-0.4, -0.2) is 101 Å². The number of benzene rings is 3. The zero-order valence-electron chi connectivity index (χ0n) is 32.0. The molecule has 56 heavy (non-hydrogen) atoms. The summed E-state index contributed by atoms with van der Waals surface area (Å²) in [5.74, 6) is -0.669. The lowest BCUT2D eigenvalue weighted by atomic mass is 10.0. The van der Waals surface area contributed by atoms with E-state index in [4.69, 9.17) is 14.5 Å². The normalized spacial score (nSPS) is 15.7. The second-order valence-electron chi connectivity index (χ2n) is 15.0. The predicted molar refractivity (Wildman–Crippen MR) is 215 cm³/mol. The summed E-state index contributed by atoms with van der Waals surface area (Å²) in [6.45, 7) is 5.75. The Morgan fingerprint density at radius 3 is 2.41 bits per heavy atom. The summed E-state index contributed by atoms with van der Waals surface area (Å²) < 4.78 is 12.7. The topological polar surface area (TPSA) is 146 Å². The lowest BCUT2D eigenvalue weighted by Crippen LogP contribution is -2.55. The number of hydrogen-bond donors (Lipinski definition) is 1. The number of carbonyl (C=O) groups excluding carboxylic acids is 4. The molecule has 13 nitrogen and oxygen atoms in total. The van der Waals surface area contributed by atoms with Crippen LogP contribution in [0.3, 0.4) is 0 Å². The number of aromatic nitrogens is 2. The van der Waals surface area contributed by atoms with Crippen LogP contribution in [0.1, 0.15) is 49.5 Å². The van der Waals surface area contributed by atoms with E-state index in [1.807, 2.05) is 50.5 Å². The zero-order valence-corrected chi connectivity index (χ0v) is 32.8. The molecule has 2 aliphatic rings. The molecule has 1 N–H and O–H groups in total. The van der Waals surface area contributed by atoms with Crippen molar-refractivity contribution < 1.29 is 33.8 Å². The van der Waals surface area contributed by atoms with Gasteiger partial charge in [0.05, 0.1) is 36.5 Å². The quantitative estimate of drug-likeness (QED) is 0.113. The summed E-state index contributed by atoms with van der Waals surface area (Å²) in [5, 5.41) is 10.8. The molecule has 2 aromatic heterocycles. The summed E-state index contributed by atoms with van der Waals surface area (Å²) in [4.78, 5) is 68.2. The van der Waals surface area contributed by atoms with Crippen LogP contribution in [-0.2, 0) is 25.6 Å². The van der Waals surface area contributed by atoms with Crippen molar-refractivity contribution >= 4 is 56.9 Å². The van der Waals surface area contributed by atoms with Crippen LogP contribution in [0.15, 0.2) is 79.0 Å². The molecule has 1 atom stereocenters. The number of carbonyl (C=O) groups is 4. The predicted octanol–water partition coefficient (Wildman–Crippen LogP) is 6.73. The van der Waals surface area contributed by atoms with Crippen LogP contribution in [0.5, 0.6) is 5.75 Å². The Morgan fingerprint density at radius 2 is 1.70 bits per heavy atom. The molecule has 0 aliphatic carbocycles. The molecule has 7 rings (SSSR count). The van der Waals surface area contributed by atoms with Gasteiger partial charge in [-0.3, -0.25) is 24.2 Å². The molecule has 5 aromatic rings. The van der Waals surface area contributed by atoms with Crippen LogP contribution in [0.2, 0.25) is 0 Å². The van der Waals surface area contributed by atoms with E-state index in [-0.39, 0.29) is 63.3 Å². The van der Waals surface area contributed by atoms with Crippen molar-refractivity contribution in [2.45, 2.75) is 51.8 Å². The van der Waals surface area contributed by atoms with Crippen molar-refractivity contribution in [2.75, 3.05) is 50.2 Å². The number of phenolic OH excluding ortho intramolecular Hbond substituents is 1. The van der Waals surface area contributed by atoms with Crippen LogP contribution >= 0.6 is 11.3 Å². The Morgan fingerprint density at radius 1 is 0.946 bits per heavy atom. The minimum absolute atomic E-state index is 0.00153. The molecule has 290 valence electrons. The number of rotatable bonds is 11. The second-order valence-corrected chi connectivity index (χ2v) is 16.0. The number of nitrogens with zero attached hydrogens (tertiary/aromatic N) is 6. The highest BCUT2D eigenvalue weighted by molar-refractivity contribution is 7.21. The Balaban J connectivity index is 0.969. The molecule has 14 heteroatoms. The number of anilines is 2. The first-order chi connectivity index (χ1) is 26.8. The number of pyridine rings is 1. The molecule has 0 radical (unpaired) electrons. The third-order valence-corrected chi connectivity index (χ3v) is 10.8. The van der Waals surface area contributed by atoms with Crippen molar-refractivity contribution in [2.24, 2.45) is 0 Å². The van der Waals surface area contributed by atoms with Crippen molar-refractivity contribution in [3.8, 4) is 27.4 Å². The number of thiazole rings is 1. The average molecular weight is 777 g/mol. The molecule has 1 unspecified atom stereocenters. The van der Waals surface area contributed by atoms with E-state index < -0.39 is 23.6 Å². The van der Waals surface area contributed by atoms with Crippen LogP contribution in [0, 0.1) is 0 Å². The number of likely N-dealkylation sites (tertiary alicyclic amines) is 1. The number of hydrogen-bond acceptors (Lipinski definition) is 11. The summed E-state index contributed by atoms with van der Waals surface area (Å²) in [6.07, 6.45) is 1.46. The number of fused-ring (bicyclic) bond motifs is 2. The SMILES string of the molecule is CN(C)c1ccc2nc(-c3ccc(-c4ccc(N(CCOCCN5C(=O)CCC(N6Cc7cc(O)ccc7C6=O)C5=O)C(=O)OC(C)(C)C)nc4)cc3)sc2c1. The van der Waals surface area contributed by atoms with Crippen molar-refractivity contribution in [3.05, 3.63) is 90.1 Å². The van der Waals surface area contributed by atoms with Gasteiger partial charge in [0.15, 0.2) is 0 Å². The van der Waals surface area contributed by atoms with E-state index in [1.54, 1.807) is 50.4 Å². The fraction of sp³-hybridized carbons (Fsp3) is 0.333. The maximum absolute atomic E-state index is 13.5. The fourth-order valence-corrected chi connectivity index (χ4v) is 7.80.